The van der Waals surface area contributed by atoms with Gasteiger partial charge in [-0.3, -0.25) is 19.8 Å². The fraction of sp³-hybridized carbons (Fsp3) is 0.150. The minimum absolute atomic E-state index is 0.0182. The smallest absolute Gasteiger partial charge is 0.269 e. The van der Waals surface area contributed by atoms with E-state index >= 15 is 0 Å². The third-order valence-electron chi connectivity index (χ3n) is 5.01. The van der Waals surface area contributed by atoms with E-state index in [1.807, 2.05) is 35.2 Å². The SMILES string of the molecule is N#CCN1c2ccccc2C2C1C=C(C#N)C(=O)N2c1ccc([N+](=O)[O-])cc1. The lowest BCUT2D eigenvalue weighted by atomic mass is 9.93. The van der Waals surface area contributed by atoms with Crippen molar-refractivity contribution >= 4 is 23.0 Å². The fourth-order valence-electron chi connectivity index (χ4n) is 3.85. The maximum Gasteiger partial charge on any atom is 0.269 e. The molecule has 0 spiro atoms. The van der Waals surface area contributed by atoms with Gasteiger partial charge in [0.25, 0.3) is 11.6 Å². The van der Waals surface area contributed by atoms with Crippen LogP contribution in [-0.2, 0) is 4.79 Å². The lowest BCUT2D eigenvalue weighted by Gasteiger charge is -2.37. The molecular formula is C20H13N5O3. The van der Waals surface area contributed by atoms with Crippen molar-refractivity contribution in [3.05, 3.63) is 75.9 Å². The minimum atomic E-state index is -0.509. The summed E-state index contributed by atoms with van der Waals surface area (Å²) in [7, 11) is 0. The zero-order valence-corrected chi connectivity index (χ0v) is 14.5. The molecule has 0 saturated carbocycles. The summed E-state index contributed by atoms with van der Waals surface area (Å²) in [4.78, 5) is 26.8. The lowest BCUT2D eigenvalue weighted by Crippen LogP contribution is -2.47. The molecule has 4 rings (SSSR count). The second-order valence-electron chi connectivity index (χ2n) is 6.42. The molecule has 0 aromatic heterocycles. The highest BCUT2D eigenvalue weighted by atomic mass is 16.6. The largest absolute Gasteiger partial charge is 0.349 e. The highest BCUT2D eigenvalue weighted by Gasteiger charge is 2.46. The van der Waals surface area contributed by atoms with Crippen molar-refractivity contribution in [2.45, 2.75) is 12.1 Å². The van der Waals surface area contributed by atoms with Crippen LogP contribution in [0.3, 0.4) is 0 Å². The second kappa shape index (κ2) is 6.53. The van der Waals surface area contributed by atoms with E-state index in [1.165, 1.54) is 29.2 Å². The Bertz CT molecular complexity index is 1090. The van der Waals surface area contributed by atoms with Crippen molar-refractivity contribution in [3.63, 3.8) is 0 Å². The molecule has 2 aromatic carbocycles. The Morgan fingerprint density at radius 2 is 1.82 bits per heavy atom. The molecule has 28 heavy (non-hydrogen) atoms. The molecule has 0 saturated heterocycles. The van der Waals surface area contributed by atoms with Crippen molar-refractivity contribution in [2.24, 2.45) is 0 Å². The predicted octanol–water partition coefficient (Wildman–Crippen LogP) is 2.84. The molecule has 2 aliphatic heterocycles. The summed E-state index contributed by atoms with van der Waals surface area (Å²) in [5, 5.41) is 29.7. The van der Waals surface area contributed by atoms with Crippen LogP contribution >= 0.6 is 0 Å². The highest BCUT2D eigenvalue weighted by molar-refractivity contribution is 6.10. The molecule has 8 nitrogen and oxygen atoms in total. The fourth-order valence-corrected chi connectivity index (χ4v) is 3.85. The van der Waals surface area contributed by atoms with Gasteiger partial charge in [0.05, 0.1) is 23.1 Å². The van der Waals surface area contributed by atoms with E-state index in [0.29, 0.717) is 5.69 Å². The van der Waals surface area contributed by atoms with Crippen LogP contribution in [0.4, 0.5) is 17.1 Å². The van der Waals surface area contributed by atoms with Crippen LogP contribution in [-0.4, -0.2) is 23.4 Å². The molecule has 0 radical (unpaired) electrons. The lowest BCUT2D eigenvalue weighted by molar-refractivity contribution is -0.384. The van der Waals surface area contributed by atoms with Gasteiger partial charge in [-0.05, 0) is 24.3 Å². The van der Waals surface area contributed by atoms with E-state index in [0.717, 1.165) is 11.3 Å². The van der Waals surface area contributed by atoms with Gasteiger partial charge in [-0.25, -0.2) is 0 Å². The number of amides is 1. The number of anilines is 2. The number of rotatable bonds is 3. The Morgan fingerprint density at radius 1 is 1.11 bits per heavy atom. The van der Waals surface area contributed by atoms with Gasteiger partial charge in [-0.2, -0.15) is 10.5 Å². The van der Waals surface area contributed by atoms with Crippen LogP contribution in [0.15, 0.2) is 60.2 Å². The Hall–Kier alpha value is -4.17. The summed E-state index contributed by atoms with van der Waals surface area (Å²) in [6, 6.07) is 16.4. The normalized spacial score (nSPS) is 19.9. The molecule has 136 valence electrons. The summed E-state index contributed by atoms with van der Waals surface area (Å²) in [5.41, 5.74) is 2.05. The maximum atomic E-state index is 13.0. The molecule has 0 bridgehead atoms. The quantitative estimate of drug-likeness (QED) is 0.465. The Morgan fingerprint density at radius 3 is 2.46 bits per heavy atom. The van der Waals surface area contributed by atoms with E-state index in [2.05, 4.69) is 6.07 Å². The van der Waals surface area contributed by atoms with Gasteiger partial charge in [0, 0.05) is 29.1 Å². The van der Waals surface area contributed by atoms with E-state index < -0.39 is 16.9 Å². The molecule has 2 aliphatic rings. The molecule has 0 fully saturated rings. The molecule has 2 heterocycles. The number of nitriles is 2. The van der Waals surface area contributed by atoms with Gasteiger partial charge in [-0.15, -0.1) is 0 Å². The van der Waals surface area contributed by atoms with Crippen molar-refractivity contribution in [3.8, 4) is 12.1 Å². The van der Waals surface area contributed by atoms with Gasteiger partial charge in [-0.1, -0.05) is 18.2 Å². The van der Waals surface area contributed by atoms with E-state index in [4.69, 9.17) is 0 Å². The number of nitrogens with zero attached hydrogens (tertiary/aromatic N) is 5. The average Bonchev–Trinajstić information content (AvgIpc) is 3.01. The van der Waals surface area contributed by atoms with Gasteiger partial charge in [0.2, 0.25) is 0 Å². The second-order valence-corrected chi connectivity index (χ2v) is 6.42. The molecule has 1 amide bonds. The van der Waals surface area contributed by atoms with Gasteiger partial charge < -0.3 is 4.90 Å². The van der Waals surface area contributed by atoms with Crippen molar-refractivity contribution in [2.75, 3.05) is 16.3 Å². The first-order valence-corrected chi connectivity index (χ1v) is 8.49. The number of non-ortho nitro benzene ring substituents is 1. The first-order chi connectivity index (χ1) is 13.6. The molecule has 0 aliphatic carbocycles. The van der Waals surface area contributed by atoms with Crippen LogP contribution in [0.5, 0.6) is 0 Å². The number of hydrogen-bond donors (Lipinski definition) is 0. The monoisotopic (exact) mass is 371 g/mol. The van der Waals surface area contributed by atoms with E-state index in [-0.39, 0.29) is 23.8 Å². The highest BCUT2D eigenvalue weighted by Crippen LogP contribution is 2.47. The summed E-state index contributed by atoms with van der Waals surface area (Å²) in [5.74, 6) is -0.466. The summed E-state index contributed by atoms with van der Waals surface area (Å²) < 4.78 is 0. The van der Waals surface area contributed by atoms with Gasteiger partial charge in [0.1, 0.15) is 18.2 Å². The van der Waals surface area contributed by atoms with Crippen LogP contribution in [0.25, 0.3) is 0 Å². The van der Waals surface area contributed by atoms with Crippen LogP contribution in [0.1, 0.15) is 11.6 Å². The van der Waals surface area contributed by atoms with E-state index in [1.54, 1.807) is 6.08 Å². The molecular weight excluding hydrogens is 358 g/mol. The average molecular weight is 371 g/mol. The third kappa shape index (κ3) is 2.48. The summed E-state index contributed by atoms with van der Waals surface area (Å²) >= 11 is 0. The Balaban J connectivity index is 1.88. The number of carbonyl (C=O) groups is 1. The van der Waals surface area contributed by atoms with Crippen LogP contribution in [0, 0.1) is 32.8 Å². The molecule has 2 aromatic rings. The number of benzene rings is 2. The first-order valence-electron chi connectivity index (χ1n) is 8.49. The van der Waals surface area contributed by atoms with Crippen LogP contribution < -0.4 is 9.80 Å². The first kappa shape index (κ1) is 17.3. The standard InChI is InChI=1S/C20H13N5O3/c21-9-10-23-17-4-2-1-3-16(17)19-18(23)11-13(12-22)20(26)24(19)14-5-7-15(8-6-14)25(27)28/h1-8,11,18-19H,10H2. The number of nitro benzene ring substituents is 1. The van der Waals surface area contributed by atoms with Crippen molar-refractivity contribution < 1.29 is 9.72 Å². The number of hydrogen-bond acceptors (Lipinski definition) is 6. The van der Waals surface area contributed by atoms with E-state index in [9.17, 15) is 25.4 Å². The minimum Gasteiger partial charge on any atom is -0.349 e. The predicted molar refractivity (Wildman–Crippen MR) is 100 cm³/mol. The topological polar surface area (TPSA) is 114 Å². The van der Waals surface area contributed by atoms with Crippen molar-refractivity contribution in [1.29, 1.82) is 10.5 Å². The summed E-state index contributed by atoms with van der Waals surface area (Å²) in [6.07, 6.45) is 1.60. The number of carbonyl (C=O) groups excluding carboxylic acids is 1. The molecule has 8 heteroatoms. The molecule has 2 atom stereocenters. The van der Waals surface area contributed by atoms with Gasteiger partial charge in [0.15, 0.2) is 0 Å². The maximum absolute atomic E-state index is 13.0. The zero-order valence-electron chi connectivity index (χ0n) is 14.5. The zero-order chi connectivity index (χ0) is 19.8. The molecule has 0 N–H and O–H groups in total. The number of fused-ring (bicyclic) bond motifs is 3. The number of nitro groups is 1. The van der Waals surface area contributed by atoms with Gasteiger partial charge >= 0.3 is 0 Å². The third-order valence-corrected chi connectivity index (χ3v) is 5.01. The molecule has 2 unspecified atom stereocenters. The Kier molecular flexibility index (Phi) is 4.02. The summed E-state index contributed by atoms with van der Waals surface area (Å²) in [6.45, 7) is 0.107. The Labute approximate surface area is 160 Å². The number of para-hydroxylation sites is 1. The van der Waals surface area contributed by atoms with Crippen molar-refractivity contribution in [1.82, 2.24) is 0 Å². The van der Waals surface area contributed by atoms with Crippen LogP contribution in [0.2, 0.25) is 0 Å².